The van der Waals surface area contributed by atoms with Crippen LogP contribution in [0.15, 0.2) is 24.0 Å². The van der Waals surface area contributed by atoms with E-state index in [1.165, 1.54) is 18.9 Å². The molecule has 1 aliphatic heterocycles. The van der Waals surface area contributed by atoms with Gasteiger partial charge in [-0.05, 0) is 11.8 Å². The van der Waals surface area contributed by atoms with Gasteiger partial charge in [-0.25, -0.2) is 14.8 Å². The number of esters is 1. The van der Waals surface area contributed by atoms with E-state index in [9.17, 15) is 4.79 Å². The van der Waals surface area contributed by atoms with Crippen LogP contribution in [0.25, 0.3) is 0 Å². The van der Waals surface area contributed by atoms with Crippen molar-refractivity contribution >= 4 is 11.8 Å². The number of carbonyl (C=O) groups excluding carboxylic acids is 1. The molecule has 2 heterocycles. The first-order valence-electron chi connectivity index (χ1n) is 6.76. The first kappa shape index (κ1) is 14.5. The normalized spacial score (nSPS) is 15.8. The number of hydrogen-bond donors (Lipinski definition) is 0. The Balaban J connectivity index is 2.08. The van der Waals surface area contributed by atoms with Gasteiger partial charge in [0.05, 0.1) is 19.5 Å². The molecule has 1 aromatic heterocycles. The van der Waals surface area contributed by atoms with E-state index >= 15 is 0 Å². The van der Waals surface area contributed by atoms with E-state index in [-0.39, 0.29) is 11.1 Å². The summed E-state index contributed by atoms with van der Waals surface area (Å²) < 4.78 is 4.61. The lowest BCUT2D eigenvalue weighted by Crippen LogP contribution is -2.32. The third-order valence-corrected chi connectivity index (χ3v) is 3.53. The first-order chi connectivity index (χ1) is 9.41. The van der Waals surface area contributed by atoms with Gasteiger partial charge in [0, 0.05) is 13.1 Å². The molecule has 1 aliphatic rings. The monoisotopic (exact) mass is 275 g/mol. The van der Waals surface area contributed by atoms with Crippen LogP contribution >= 0.6 is 0 Å². The minimum atomic E-state index is -0.461. The topological polar surface area (TPSA) is 55.3 Å². The molecule has 5 nitrogen and oxygen atoms in total. The van der Waals surface area contributed by atoms with E-state index in [0.29, 0.717) is 0 Å². The number of aromatic nitrogens is 2. The molecule has 20 heavy (non-hydrogen) atoms. The van der Waals surface area contributed by atoms with Crippen molar-refractivity contribution < 1.29 is 9.53 Å². The Kier molecular flexibility index (Phi) is 4.06. The lowest BCUT2D eigenvalue weighted by Gasteiger charge is -2.32. The van der Waals surface area contributed by atoms with Crippen LogP contribution in [-0.2, 0) is 4.74 Å². The molecule has 0 atom stereocenters. The van der Waals surface area contributed by atoms with Gasteiger partial charge in [0.2, 0.25) is 0 Å². The second kappa shape index (κ2) is 5.61. The number of methoxy groups -OCH3 is 1. The van der Waals surface area contributed by atoms with E-state index in [4.69, 9.17) is 0 Å². The predicted molar refractivity (Wildman–Crippen MR) is 77.7 cm³/mol. The summed E-state index contributed by atoms with van der Waals surface area (Å²) in [6.07, 6.45) is 6.38. The van der Waals surface area contributed by atoms with E-state index in [0.717, 1.165) is 25.3 Å². The summed E-state index contributed by atoms with van der Waals surface area (Å²) in [6, 6.07) is 0. The van der Waals surface area contributed by atoms with Crippen molar-refractivity contribution in [3.8, 4) is 0 Å². The van der Waals surface area contributed by atoms with E-state index in [2.05, 4.69) is 46.5 Å². The molecule has 108 valence electrons. The molecule has 0 amide bonds. The van der Waals surface area contributed by atoms with Gasteiger partial charge in [0.15, 0.2) is 5.69 Å². The number of hydrogen-bond acceptors (Lipinski definition) is 5. The highest BCUT2D eigenvalue weighted by atomic mass is 16.5. The minimum absolute atomic E-state index is 0.229. The summed E-state index contributed by atoms with van der Waals surface area (Å²) in [5.41, 5.74) is 1.94. The average molecular weight is 275 g/mol. The molecule has 0 aromatic carbocycles. The molecule has 0 N–H and O–H groups in total. The predicted octanol–water partition coefficient (Wildman–Crippen LogP) is 2.45. The van der Waals surface area contributed by atoms with Gasteiger partial charge in [0.25, 0.3) is 0 Å². The van der Waals surface area contributed by atoms with Crippen molar-refractivity contribution in [3.05, 3.63) is 29.7 Å². The molecule has 1 aromatic rings. The smallest absolute Gasteiger partial charge is 0.358 e. The molecule has 0 bridgehead atoms. The highest BCUT2D eigenvalue weighted by Crippen LogP contribution is 2.30. The van der Waals surface area contributed by atoms with Crippen LogP contribution in [-0.4, -0.2) is 36.1 Å². The largest absolute Gasteiger partial charge is 0.464 e. The molecule has 0 saturated heterocycles. The maximum Gasteiger partial charge on any atom is 0.358 e. The van der Waals surface area contributed by atoms with Crippen LogP contribution in [0.4, 0.5) is 5.82 Å². The Morgan fingerprint density at radius 2 is 2.05 bits per heavy atom. The maximum absolute atomic E-state index is 11.3. The van der Waals surface area contributed by atoms with Crippen molar-refractivity contribution in [1.29, 1.82) is 0 Å². The van der Waals surface area contributed by atoms with Gasteiger partial charge in [-0.2, -0.15) is 0 Å². The van der Waals surface area contributed by atoms with Gasteiger partial charge in [-0.3, -0.25) is 0 Å². The molecule has 5 heteroatoms. The number of carbonyl (C=O) groups is 1. The maximum atomic E-state index is 11.3. The number of nitrogens with zero attached hydrogens (tertiary/aromatic N) is 3. The van der Waals surface area contributed by atoms with Crippen molar-refractivity contribution in [2.45, 2.75) is 27.2 Å². The Bertz CT molecular complexity index is 515. The summed E-state index contributed by atoms with van der Waals surface area (Å²) in [6.45, 7) is 8.46. The Morgan fingerprint density at radius 1 is 1.30 bits per heavy atom. The van der Waals surface area contributed by atoms with Crippen molar-refractivity contribution in [2.75, 3.05) is 25.1 Å². The second-order valence-corrected chi connectivity index (χ2v) is 5.93. The Morgan fingerprint density at radius 3 is 2.50 bits per heavy atom. The first-order valence-corrected chi connectivity index (χ1v) is 6.76. The Hall–Kier alpha value is -1.91. The fourth-order valence-corrected chi connectivity index (χ4v) is 2.25. The van der Waals surface area contributed by atoms with E-state index in [1.54, 1.807) is 6.20 Å². The summed E-state index contributed by atoms with van der Waals surface area (Å²) >= 11 is 0. The highest BCUT2D eigenvalue weighted by Gasteiger charge is 2.22. The van der Waals surface area contributed by atoms with Gasteiger partial charge in [-0.15, -0.1) is 0 Å². The standard InChI is InChI=1S/C15H21N3O2/c1-15(2,3)11-5-7-18(8-6-11)13-10-16-12(9-17-13)14(19)20-4/h5,9-10H,6-8H2,1-4H3. The number of ether oxygens (including phenoxy) is 1. The van der Waals surface area contributed by atoms with Crippen LogP contribution in [0.5, 0.6) is 0 Å². The highest BCUT2D eigenvalue weighted by molar-refractivity contribution is 5.86. The van der Waals surface area contributed by atoms with Crippen molar-refractivity contribution in [3.63, 3.8) is 0 Å². The Labute approximate surface area is 119 Å². The summed E-state index contributed by atoms with van der Waals surface area (Å²) in [7, 11) is 1.33. The van der Waals surface area contributed by atoms with Crippen LogP contribution in [0.3, 0.4) is 0 Å². The average Bonchev–Trinajstić information content (AvgIpc) is 2.46. The molecule has 0 spiro atoms. The van der Waals surface area contributed by atoms with Crippen molar-refractivity contribution in [1.82, 2.24) is 9.97 Å². The molecule has 2 rings (SSSR count). The van der Waals surface area contributed by atoms with E-state index < -0.39 is 5.97 Å². The molecule has 0 fully saturated rings. The van der Waals surface area contributed by atoms with Crippen molar-refractivity contribution in [2.24, 2.45) is 5.41 Å². The van der Waals surface area contributed by atoms with Gasteiger partial charge >= 0.3 is 5.97 Å². The summed E-state index contributed by atoms with van der Waals surface area (Å²) in [5.74, 6) is 0.333. The molecule has 0 saturated carbocycles. The number of anilines is 1. The van der Waals surface area contributed by atoms with Gasteiger partial charge in [-0.1, -0.05) is 32.4 Å². The van der Waals surface area contributed by atoms with E-state index in [1.807, 2.05) is 0 Å². The van der Waals surface area contributed by atoms with Crippen LogP contribution in [0, 0.1) is 5.41 Å². The summed E-state index contributed by atoms with van der Waals surface area (Å²) in [5, 5.41) is 0. The van der Waals surface area contributed by atoms with Gasteiger partial charge < -0.3 is 9.64 Å². The quantitative estimate of drug-likeness (QED) is 0.613. The molecule has 0 radical (unpaired) electrons. The lowest BCUT2D eigenvalue weighted by atomic mass is 9.83. The van der Waals surface area contributed by atoms with Crippen LogP contribution in [0.1, 0.15) is 37.7 Å². The molecule has 0 aliphatic carbocycles. The SMILES string of the molecule is COC(=O)c1cnc(N2CC=C(C(C)(C)C)CC2)cn1. The second-order valence-electron chi connectivity index (χ2n) is 5.93. The number of rotatable bonds is 2. The van der Waals surface area contributed by atoms with Crippen LogP contribution < -0.4 is 4.90 Å². The molecule has 0 unspecified atom stereocenters. The van der Waals surface area contributed by atoms with Crippen LogP contribution in [0.2, 0.25) is 0 Å². The third-order valence-electron chi connectivity index (χ3n) is 3.53. The third kappa shape index (κ3) is 3.15. The zero-order valence-corrected chi connectivity index (χ0v) is 12.5. The summed E-state index contributed by atoms with van der Waals surface area (Å²) in [4.78, 5) is 21.8. The fraction of sp³-hybridized carbons (Fsp3) is 0.533. The van der Waals surface area contributed by atoms with Gasteiger partial charge in [0.1, 0.15) is 5.82 Å². The fourth-order valence-electron chi connectivity index (χ4n) is 2.25. The molecular formula is C15H21N3O2. The lowest BCUT2D eigenvalue weighted by molar-refractivity contribution is 0.0593. The zero-order valence-electron chi connectivity index (χ0n) is 12.5. The zero-order chi connectivity index (χ0) is 14.8. The minimum Gasteiger partial charge on any atom is -0.464 e. The molecular weight excluding hydrogens is 254 g/mol.